The van der Waals surface area contributed by atoms with E-state index in [1.807, 2.05) is 34.2 Å². The lowest BCUT2D eigenvalue weighted by molar-refractivity contribution is 0.0997. The topological polar surface area (TPSA) is 88.1 Å². The van der Waals surface area contributed by atoms with Crippen LogP contribution in [0.15, 0.2) is 52.8 Å². The molecule has 3 aromatic rings. The van der Waals surface area contributed by atoms with E-state index in [1.165, 1.54) is 11.3 Å². The minimum Gasteiger partial charge on any atom is -0.497 e. The van der Waals surface area contributed by atoms with Gasteiger partial charge in [-0.05, 0) is 61.0 Å². The van der Waals surface area contributed by atoms with Gasteiger partial charge in [0.1, 0.15) is 5.75 Å². The molecule has 29 heavy (non-hydrogen) atoms. The number of carbonyl (C=O) groups excluding carboxylic acids is 1. The molecule has 1 aromatic heterocycles. The molecule has 2 aromatic carbocycles. The Hall–Kier alpha value is -3.10. The zero-order chi connectivity index (χ0) is 20.2. The summed E-state index contributed by atoms with van der Waals surface area (Å²) in [5.74, 6) is 1.66. The highest BCUT2D eigenvalue weighted by Gasteiger charge is 2.16. The number of methoxy groups -OCH3 is 1. The molecule has 0 fully saturated rings. The van der Waals surface area contributed by atoms with Crippen LogP contribution in [0.4, 0.5) is 0 Å². The van der Waals surface area contributed by atoms with Crippen molar-refractivity contribution in [2.24, 2.45) is 10.7 Å². The average Bonchev–Trinajstić information content (AvgIpc) is 3.38. The number of hydrogen-bond acceptors (Lipinski definition) is 6. The quantitative estimate of drug-likeness (QED) is 0.674. The number of thiazole rings is 1. The van der Waals surface area contributed by atoms with Crippen LogP contribution >= 0.6 is 11.3 Å². The number of nitrogens with two attached hydrogens (primary N) is 1. The van der Waals surface area contributed by atoms with Gasteiger partial charge in [0.15, 0.2) is 16.3 Å². The Morgan fingerprint density at radius 1 is 1.21 bits per heavy atom. The molecule has 0 bridgehead atoms. The van der Waals surface area contributed by atoms with Crippen molar-refractivity contribution in [1.29, 1.82) is 0 Å². The van der Waals surface area contributed by atoms with E-state index in [0.717, 1.165) is 23.4 Å². The fourth-order valence-electron chi connectivity index (χ4n) is 3.06. The van der Waals surface area contributed by atoms with Crippen molar-refractivity contribution < 1.29 is 19.0 Å². The minimum absolute atomic E-state index is 0.166. The number of fused-ring (bicyclic) bond motifs is 1. The first-order valence-corrected chi connectivity index (χ1v) is 10.1. The molecule has 8 heteroatoms. The van der Waals surface area contributed by atoms with Gasteiger partial charge in [0.25, 0.3) is 5.91 Å². The van der Waals surface area contributed by atoms with Gasteiger partial charge in [-0.15, -0.1) is 11.3 Å². The van der Waals surface area contributed by atoms with Gasteiger partial charge >= 0.3 is 0 Å². The molecule has 1 aliphatic heterocycles. The molecule has 2 heterocycles. The van der Waals surface area contributed by atoms with E-state index in [2.05, 4.69) is 4.99 Å². The molecule has 1 amide bonds. The van der Waals surface area contributed by atoms with Crippen LogP contribution in [0.2, 0.25) is 0 Å². The minimum atomic E-state index is -0.326. The standard InChI is InChI=1S/C21H21N3O4S/c1-26-16-6-3-14(4-7-16)17-12-29-21(24(17)10-2-9-22)23-20(25)15-5-8-18-19(11-15)28-13-27-18/h3-8,11-12H,2,9-10,13,22H2,1H3. The zero-order valence-corrected chi connectivity index (χ0v) is 16.8. The molecule has 0 radical (unpaired) electrons. The number of rotatable bonds is 6. The van der Waals surface area contributed by atoms with Crippen molar-refractivity contribution in [1.82, 2.24) is 4.57 Å². The van der Waals surface area contributed by atoms with E-state index in [9.17, 15) is 4.79 Å². The summed E-state index contributed by atoms with van der Waals surface area (Å²) < 4.78 is 17.9. The summed E-state index contributed by atoms with van der Waals surface area (Å²) in [6.07, 6.45) is 0.783. The third-order valence-corrected chi connectivity index (χ3v) is 5.45. The molecule has 150 valence electrons. The van der Waals surface area contributed by atoms with Crippen molar-refractivity contribution in [2.75, 3.05) is 20.4 Å². The lowest BCUT2D eigenvalue weighted by atomic mass is 10.1. The monoisotopic (exact) mass is 411 g/mol. The number of benzene rings is 2. The summed E-state index contributed by atoms with van der Waals surface area (Å²) in [7, 11) is 1.64. The number of nitrogens with zero attached hydrogens (tertiary/aromatic N) is 2. The van der Waals surface area contributed by atoms with Crippen LogP contribution in [-0.4, -0.2) is 30.9 Å². The van der Waals surface area contributed by atoms with E-state index in [-0.39, 0.29) is 12.7 Å². The van der Waals surface area contributed by atoms with Gasteiger partial charge < -0.3 is 24.5 Å². The second-order valence-electron chi connectivity index (χ2n) is 6.41. The molecule has 0 saturated heterocycles. The molecule has 0 saturated carbocycles. The second-order valence-corrected chi connectivity index (χ2v) is 7.25. The van der Waals surface area contributed by atoms with Crippen LogP contribution < -0.4 is 24.7 Å². The Balaban J connectivity index is 1.70. The molecule has 1 aliphatic rings. The normalized spacial score (nSPS) is 13.0. The number of aromatic nitrogens is 1. The summed E-state index contributed by atoms with van der Waals surface area (Å²) in [4.78, 5) is 17.8. The number of hydrogen-bond donors (Lipinski definition) is 1. The van der Waals surface area contributed by atoms with Gasteiger partial charge in [0.05, 0.1) is 12.8 Å². The van der Waals surface area contributed by atoms with Crippen molar-refractivity contribution in [2.45, 2.75) is 13.0 Å². The number of amides is 1. The predicted molar refractivity (Wildman–Crippen MR) is 110 cm³/mol. The van der Waals surface area contributed by atoms with E-state index < -0.39 is 0 Å². The van der Waals surface area contributed by atoms with Gasteiger partial charge in [-0.25, -0.2) is 0 Å². The van der Waals surface area contributed by atoms with Crippen LogP contribution in [-0.2, 0) is 6.54 Å². The number of carbonyl (C=O) groups is 1. The molecular weight excluding hydrogens is 390 g/mol. The average molecular weight is 411 g/mol. The summed E-state index contributed by atoms with van der Waals surface area (Å²) in [5, 5.41) is 2.00. The first kappa shape index (κ1) is 19.2. The largest absolute Gasteiger partial charge is 0.497 e. The number of ether oxygens (including phenoxy) is 3. The fraction of sp³-hybridized carbons (Fsp3) is 0.238. The Labute approximate surface area is 172 Å². The van der Waals surface area contributed by atoms with Crippen LogP contribution in [0, 0.1) is 0 Å². The van der Waals surface area contributed by atoms with Gasteiger partial charge in [0.2, 0.25) is 6.79 Å². The molecular formula is C21H21N3O4S. The van der Waals surface area contributed by atoms with Crippen LogP contribution in [0.25, 0.3) is 11.3 Å². The Bertz CT molecular complexity index is 1090. The summed E-state index contributed by atoms with van der Waals surface area (Å²) in [5.41, 5.74) is 8.19. The van der Waals surface area contributed by atoms with Gasteiger partial charge in [0, 0.05) is 17.5 Å². The lowest BCUT2D eigenvalue weighted by Gasteiger charge is -2.09. The zero-order valence-electron chi connectivity index (χ0n) is 16.0. The molecule has 4 rings (SSSR count). The maximum absolute atomic E-state index is 12.8. The maximum atomic E-state index is 12.8. The highest BCUT2D eigenvalue weighted by Crippen LogP contribution is 2.32. The molecule has 0 spiro atoms. The van der Waals surface area contributed by atoms with Gasteiger partial charge in [-0.3, -0.25) is 4.79 Å². The molecule has 7 nitrogen and oxygen atoms in total. The van der Waals surface area contributed by atoms with Gasteiger partial charge in [-0.1, -0.05) is 0 Å². The third kappa shape index (κ3) is 4.03. The summed E-state index contributed by atoms with van der Waals surface area (Å²) in [6, 6.07) is 12.9. The van der Waals surface area contributed by atoms with E-state index in [4.69, 9.17) is 19.9 Å². The summed E-state index contributed by atoms with van der Waals surface area (Å²) >= 11 is 1.43. The lowest BCUT2D eigenvalue weighted by Crippen LogP contribution is -2.20. The molecule has 0 aliphatic carbocycles. The van der Waals surface area contributed by atoms with Crippen LogP contribution in [0.1, 0.15) is 16.8 Å². The predicted octanol–water partition coefficient (Wildman–Crippen LogP) is 3.04. The van der Waals surface area contributed by atoms with Crippen LogP contribution in [0.5, 0.6) is 17.2 Å². The first-order valence-electron chi connectivity index (χ1n) is 9.21. The fourth-order valence-corrected chi connectivity index (χ4v) is 3.99. The highest BCUT2D eigenvalue weighted by atomic mass is 32.1. The SMILES string of the molecule is COc1ccc(-c2csc(=NC(=O)c3ccc4c(c3)OCO4)n2CCCN)cc1. The molecule has 0 unspecified atom stereocenters. The Morgan fingerprint density at radius 3 is 2.76 bits per heavy atom. The Morgan fingerprint density at radius 2 is 2.00 bits per heavy atom. The van der Waals surface area contributed by atoms with Crippen LogP contribution in [0.3, 0.4) is 0 Å². The highest BCUT2D eigenvalue weighted by molar-refractivity contribution is 7.07. The van der Waals surface area contributed by atoms with Crippen molar-refractivity contribution in [3.8, 4) is 28.5 Å². The molecule has 2 N–H and O–H groups in total. The van der Waals surface area contributed by atoms with Crippen molar-refractivity contribution >= 4 is 17.2 Å². The first-order chi connectivity index (χ1) is 14.2. The van der Waals surface area contributed by atoms with Crippen molar-refractivity contribution in [3.05, 3.63) is 58.2 Å². The Kier molecular flexibility index (Phi) is 5.64. The second kappa shape index (κ2) is 8.50. The molecule has 0 atom stereocenters. The van der Waals surface area contributed by atoms with Crippen molar-refractivity contribution in [3.63, 3.8) is 0 Å². The van der Waals surface area contributed by atoms with E-state index in [1.54, 1.807) is 25.3 Å². The third-order valence-electron chi connectivity index (χ3n) is 4.59. The van der Waals surface area contributed by atoms with E-state index in [0.29, 0.717) is 35.0 Å². The summed E-state index contributed by atoms with van der Waals surface area (Å²) in [6.45, 7) is 1.40. The maximum Gasteiger partial charge on any atom is 0.279 e. The van der Waals surface area contributed by atoms with Gasteiger partial charge in [-0.2, -0.15) is 4.99 Å². The smallest absolute Gasteiger partial charge is 0.279 e. The van der Waals surface area contributed by atoms with E-state index >= 15 is 0 Å².